The first-order chi connectivity index (χ1) is 6.74. The van der Waals surface area contributed by atoms with Crippen molar-refractivity contribution in [1.82, 2.24) is 14.6 Å². The number of nitrogens with zero attached hydrogens (tertiary/aromatic N) is 3. The van der Waals surface area contributed by atoms with E-state index in [4.69, 9.17) is 4.74 Å². The van der Waals surface area contributed by atoms with Crippen molar-refractivity contribution in [3.8, 4) is 5.88 Å². The van der Waals surface area contributed by atoms with Gasteiger partial charge in [0.15, 0.2) is 0 Å². The van der Waals surface area contributed by atoms with Crippen molar-refractivity contribution in [2.45, 2.75) is 20.3 Å². The normalized spacial score (nSPS) is 10.8. The van der Waals surface area contributed by atoms with Crippen LogP contribution in [-0.2, 0) is 6.42 Å². The fourth-order valence-corrected chi connectivity index (χ4v) is 1.52. The molecule has 0 aliphatic heterocycles. The highest BCUT2D eigenvalue weighted by Crippen LogP contribution is 2.16. The van der Waals surface area contributed by atoms with Crippen molar-refractivity contribution >= 4 is 5.52 Å². The van der Waals surface area contributed by atoms with Gasteiger partial charge in [0.05, 0.1) is 30.2 Å². The Morgan fingerprint density at radius 2 is 2.29 bits per heavy atom. The van der Waals surface area contributed by atoms with Gasteiger partial charge < -0.3 is 4.74 Å². The zero-order chi connectivity index (χ0) is 10.1. The number of hydrogen-bond donors (Lipinski definition) is 0. The summed E-state index contributed by atoms with van der Waals surface area (Å²) in [5.74, 6) is 0.632. The minimum Gasteiger partial charge on any atom is -0.480 e. The summed E-state index contributed by atoms with van der Waals surface area (Å²) in [6, 6.07) is 1.91. The lowest BCUT2D eigenvalue weighted by atomic mass is 10.3. The molecule has 14 heavy (non-hydrogen) atoms. The van der Waals surface area contributed by atoms with Gasteiger partial charge in [-0.2, -0.15) is 0 Å². The summed E-state index contributed by atoms with van der Waals surface area (Å²) in [5.41, 5.74) is 3.05. The molecule has 4 nitrogen and oxygen atoms in total. The first-order valence-electron chi connectivity index (χ1n) is 4.64. The Labute approximate surface area is 82.5 Å². The second-order valence-corrected chi connectivity index (χ2v) is 3.20. The molecule has 0 saturated heterocycles. The van der Waals surface area contributed by atoms with Crippen LogP contribution in [0.5, 0.6) is 5.88 Å². The van der Waals surface area contributed by atoms with E-state index in [2.05, 4.69) is 17.0 Å². The highest BCUT2D eigenvalue weighted by Gasteiger charge is 2.06. The molecule has 0 atom stereocenters. The van der Waals surface area contributed by atoms with E-state index in [1.807, 2.05) is 23.7 Å². The van der Waals surface area contributed by atoms with Gasteiger partial charge in [-0.15, -0.1) is 5.10 Å². The van der Waals surface area contributed by atoms with E-state index in [0.29, 0.717) is 5.88 Å². The fraction of sp³-hybridized carbons (Fsp3) is 0.400. The van der Waals surface area contributed by atoms with Crippen molar-refractivity contribution in [3.63, 3.8) is 0 Å². The average Bonchev–Trinajstić information content (AvgIpc) is 2.59. The molecule has 0 spiro atoms. The molecule has 0 bridgehead atoms. The molecule has 2 aromatic heterocycles. The van der Waals surface area contributed by atoms with Crippen LogP contribution in [0.4, 0.5) is 0 Å². The van der Waals surface area contributed by atoms with Gasteiger partial charge in [0.1, 0.15) is 0 Å². The number of rotatable bonds is 2. The van der Waals surface area contributed by atoms with Crippen molar-refractivity contribution in [2.75, 3.05) is 7.11 Å². The molecule has 0 N–H and O–H groups in total. The summed E-state index contributed by atoms with van der Waals surface area (Å²) in [6.45, 7) is 4.05. The third-order valence-corrected chi connectivity index (χ3v) is 2.17. The van der Waals surface area contributed by atoms with Crippen molar-refractivity contribution in [2.24, 2.45) is 0 Å². The van der Waals surface area contributed by atoms with Gasteiger partial charge in [-0.05, 0) is 13.3 Å². The molecule has 0 aromatic carbocycles. The summed E-state index contributed by atoms with van der Waals surface area (Å²) in [4.78, 5) is 4.45. The predicted molar refractivity (Wildman–Crippen MR) is 53.7 cm³/mol. The molecule has 2 aromatic rings. The van der Waals surface area contributed by atoms with E-state index < -0.39 is 0 Å². The Morgan fingerprint density at radius 3 is 2.93 bits per heavy atom. The summed E-state index contributed by atoms with van der Waals surface area (Å²) in [7, 11) is 1.62. The Balaban J connectivity index is 2.71. The van der Waals surface area contributed by atoms with Gasteiger partial charge >= 0.3 is 0 Å². The number of methoxy groups -OCH3 is 1. The second-order valence-electron chi connectivity index (χ2n) is 3.20. The molecule has 0 amide bonds. The van der Waals surface area contributed by atoms with Gasteiger partial charge in [0, 0.05) is 6.07 Å². The van der Waals surface area contributed by atoms with Crippen LogP contribution in [0.1, 0.15) is 18.3 Å². The number of fused-ring (bicyclic) bond motifs is 1. The van der Waals surface area contributed by atoms with Crippen molar-refractivity contribution in [3.05, 3.63) is 23.7 Å². The van der Waals surface area contributed by atoms with E-state index in [1.165, 1.54) is 0 Å². The number of ether oxygens (including phenoxy) is 1. The lowest BCUT2D eigenvalue weighted by Gasteiger charge is -2.00. The largest absolute Gasteiger partial charge is 0.480 e. The minimum absolute atomic E-state index is 0.632. The van der Waals surface area contributed by atoms with Crippen LogP contribution in [0.15, 0.2) is 12.3 Å². The van der Waals surface area contributed by atoms with E-state index in [9.17, 15) is 0 Å². The van der Waals surface area contributed by atoms with Crippen LogP contribution in [0.25, 0.3) is 5.52 Å². The molecule has 4 heteroatoms. The Hall–Kier alpha value is -1.58. The first-order valence-corrected chi connectivity index (χ1v) is 4.64. The SMILES string of the molecule is CCc1nc(C)cn2nc(OC)cc12. The highest BCUT2D eigenvalue weighted by atomic mass is 16.5. The van der Waals surface area contributed by atoms with Gasteiger partial charge in [0.25, 0.3) is 0 Å². The summed E-state index contributed by atoms with van der Waals surface area (Å²) in [5, 5.41) is 4.26. The maximum absolute atomic E-state index is 5.08. The van der Waals surface area contributed by atoms with Gasteiger partial charge in [-0.25, -0.2) is 4.52 Å². The first kappa shape index (κ1) is 8.99. The number of hydrogen-bond acceptors (Lipinski definition) is 3. The molecule has 2 heterocycles. The smallest absolute Gasteiger partial charge is 0.233 e. The molecule has 0 unspecified atom stereocenters. The van der Waals surface area contributed by atoms with E-state index in [1.54, 1.807) is 7.11 Å². The fourth-order valence-electron chi connectivity index (χ4n) is 1.52. The molecule has 2 rings (SSSR count). The van der Waals surface area contributed by atoms with Crippen LogP contribution >= 0.6 is 0 Å². The molecule has 0 radical (unpaired) electrons. The van der Waals surface area contributed by atoms with E-state index >= 15 is 0 Å². The maximum atomic E-state index is 5.08. The van der Waals surface area contributed by atoms with Crippen LogP contribution in [0.2, 0.25) is 0 Å². The van der Waals surface area contributed by atoms with Crippen LogP contribution in [0, 0.1) is 6.92 Å². The predicted octanol–water partition coefficient (Wildman–Crippen LogP) is 1.61. The molecule has 0 aliphatic rings. The van der Waals surface area contributed by atoms with Crippen molar-refractivity contribution < 1.29 is 4.74 Å². The monoisotopic (exact) mass is 191 g/mol. The molecule has 74 valence electrons. The zero-order valence-electron chi connectivity index (χ0n) is 8.61. The average molecular weight is 191 g/mol. The number of aromatic nitrogens is 3. The number of aryl methyl sites for hydroxylation is 2. The summed E-state index contributed by atoms with van der Waals surface area (Å²) >= 11 is 0. The van der Waals surface area contributed by atoms with Gasteiger partial charge in [-0.1, -0.05) is 6.92 Å². The molecule has 0 saturated carbocycles. The van der Waals surface area contributed by atoms with Crippen LogP contribution in [-0.4, -0.2) is 21.7 Å². The highest BCUT2D eigenvalue weighted by molar-refractivity contribution is 5.54. The molecular formula is C10H13N3O. The second kappa shape index (κ2) is 3.29. The lowest BCUT2D eigenvalue weighted by Crippen LogP contribution is -1.97. The van der Waals surface area contributed by atoms with E-state index in [-0.39, 0.29) is 0 Å². The third-order valence-electron chi connectivity index (χ3n) is 2.17. The molecule has 0 aliphatic carbocycles. The summed E-state index contributed by atoms with van der Waals surface area (Å²) < 4.78 is 6.90. The van der Waals surface area contributed by atoms with Crippen molar-refractivity contribution in [1.29, 1.82) is 0 Å². The standard InChI is InChI=1S/C10H13N3O/c1-4-8-9-5-10(14-3)12-13(9)6-7(2)11-8/h5-6H,4H2,1-3H3. The quantitative estimate of drug-likeness (QED) is 0.724. The Bertz CT molecular complexity index is 462. The zero-order valence-corrected chi connectivity index (χ0v) is 8.61. The van der Waals surface area contributed by atoms with Gasteiger partial charge in [-0.3, -0.25) is 4.98 Å². The van der Waals surface area contributed by atoms with Gasteiger partial charge in [0.2, 0.25) is 5.88 Å². The van der Waals surface area contributed by atoms with E-state index in [0.717, 1.165) is 23.3 Å². The molecule has 0 fully saturated rings. The topological polar surface area (TPSA) is 39.4 Å². The maximum Gasteiger partial charge on any atom is 0.233 e. The van der Waals surface area contributed by atoms with Crippen LogP contribution < -0.4 is 4.74 Å². The lowest BCUT2D eigenvalue weighted by molar-refractivity contribution is 0.395. The Kier molecular flexibility index (Phi) is 2.11. The minimum atomic E-state index is 0.632. The Morgan fingerprint density at radius 1 is 1.50 bits per heavy atom. The third kappa shape index (κ3) is 1.32. The summed E-state index contributed by atoms with van der Waals surface area (Å²) in [6.07, 6.45) is 2.80. The molecular weight excluding hydrogens is 178 g/mol. The van der Waals surface area contributed by atoms with Crippen LogP contribution in [0.3, 0.4) is 0 Å².